The Bertz CT molecular complexity index is 240. The zero-order chi connectivity index (χ0) is 15.6. The van der Waals surface area contributed by atoms with Gasteiger partial charge in [0, 0.05) is 5.75 Å². The summed E-state index contributed by atoms with van der Waals surface area (Å²) in [6.45, 7) is 5.27. The molecule has 4 nitrogen and oxygen atoms in total. The normalized spacial score (nSPS) is 9.40. The first-order valence-electron chi connectivity index (χ1n) is 6.76. The van der Waals surface area contributed by atoms with Crippen molar-refractivity contribution in [1.29, 1.82) is 0 Å². The van der Waals surface area contributed by atoms with E-state index in [9.17, 15) is 9.59 Å². The van der Waals surface area contributed by atoms with Crippen molar-refractivity contribution in [3.63, 3.8) is 0 Å². The molecular weight excluding hydrogens is 403 g/mol. The molecule has 0 spiro atoms. The summed E-state index contributed by atoms with van der Waals surface area (Å²) < 4.78 is 10.6. The second kappa shape index (κ2) is 19.4. The number of carbonyl (C=O) groups is 2. The summed E-state index contributed by atoms with van der Waals surface area (Å²) in [4.78, 5) is 21.2. The van der Waals surface area contributed by atoms with Gasteiger partial charge in [-0.05, 0) is 5.75 Å². The van der Waals surface area contributed by atoms with Crippen molar-refractivity contribution >= 4 is 58.9 Å². The van der Waals surface area contributed by atoms with Crippen LogP contribution in [0.3, 0.4) is 0 Å². The van der Waals surface area contributed by atoms with Gasteiger partial charge in [0.2, 0.25) is 0 Å². The van der Waals surface area contributed by atoms with Crippen molar-refractivity contribution < 1.29 is 19.1 Å². The Hall–Kier alpha value is 0.439. The van der Waals surface area contributed by atoms with Crippen LogP contribution in [0.2, 0.25) is 4.44 Å². The number of carbonyl (C=O) groups excluding carboxylic acids is 2. The smallest absolute Gasteiger partial charge is 0.315 e. The molecule has 0 aromatic carbocycles. The molecule has 0 heterocycles. The van der Waals surface area contributed by atoms with E-state index in [0.29, 0.717) is 19.6 Å². The van der Waals surface area contributed by atoms with E-state index in [1.807, 2.05) is 0 Å². The van der Waals surface area contributed by atoms with Crippen molar-refractivity contribution in [2.24, 2.45) is 0 Å². The van der Waals surface area contributed by atoms with Crippen molar-refractivity contribution in [3.8, 4) is 0 Å². The van der Waals surface area contributed by atoms with Crippen LogP contribution in [0.25, 0.3) is 0 Å². The second-order valence-electron chi connectivity index (χ2n) is 3.65. The standard InChI is InChI=1S/C7H13O2.C6H12O2S2.Sn/c1-3-5-6-9-7(8)4-2;1-2-10-4-3-8-6(7)5-9;/h2-6H2,1H3;9H,2-5H2,1H3;. The van der Waals surface area contributed by atoms with E-state index in [2.05, 4.69) is 26.5 Å². The molecule has 0 aliphatic heterocycles. The Morgan fingerprint density at radius 3 is 2.30 bits per heavy atom. The number of esters is 2. The maximum absolute atomic E-state index is 10.7. The quantitative estimate of drug-likeness (QED) is 0.251. The summed E-state index contributed by atoms with van der Waals surface area (Å²) >= 11 is 6.92. The van der Waals surface area contributed by atoms with Crippen LogP contribution in [0, 0.1) is 0 Å². The summed E-state index contributed by atoms with van der Waals surface area (Å²) in [5.41, 5.74) is 0. The molecule has 0 fully saturated rings. The molecule has 0 aromatic heterocycles. The third kappa shape index (κ3) is 20.8. The van der Waals surface area contributed by atoms with Gasteiger partial charge in [0.1, 0.15) is 6.61 Å². The molecule has 0 saturated carbocycles. The van der Waals surface area contributed by atoms with Gasteiger partial charge < -0.3 is 4.74 Å². The van der Waals surface area contributed by atoms with Crippen LogP contribution in [-0.2, 0) is 19.1 Å². The number of unbranched alkanes of at least 4 members (excludes halogenated alkanes) is 1. The zero-order valence-electron chi connectivity index (χ0n) is 12.4. The van der Waals surface area contributed by atoms with E-state index < -0.39 is 0 Å². The first kappa shape index (κ1) is 22.7. The first-order valence-corrected chi connectivity index (χ1v) is 10.6. The molecule has 0 amide bonds. The molecule has 0 unspecified atom stereocenters. The van der Waals surface area contributed by atoms with Gasteiger partial charge in [-0.1, -0.05) is 6.92 Å². The third-order valence-electron chi connectivity index (χ3n) is 1.91. The number of hydrogen-bond acceptors (Lipinski definition) is 6. The monoisotopic (exact) mass is 429 g/mol. The number of thioether (sulfide) groups is 1. The Kier molecular flexibility index (Phi) is 22.1. The Labute approximate surface area is 145 Å². The predicted molar refractivity (Wildman–Crippen MR) is 88.9 cm³/mol. The van der Waals surface area contributed by atoms with Crippen molar-refractivity contribution in [2.45, 2.75) is 37.5 Å². The topological polar surface area (TPSA) is 52.6 Å². The summed E-state index contributed by atoms with van der Waals surface area (Å²) in [5, 5.41) is 0. The largest absolute Gasteiger partial charge is 0.464 e. The van der Waals surface area contributed by atoms with Crippen LogP contribution < -0.4 is 0 Å². The molecule has 3 radical (unpaired) electrons. The molecule has 117 valence electrons. The maximum Gasteiger partial charge on any atom is 0.315 e. The van der Waals surface area contributed by atoms with Gasteiger partial charge in [-0.2, -0.15) is 24.4 Å². The fraction of sp³-hybridized carbons (Fsp3) is 0.846. The fourth-order valence-electron chi connectivity index (χ4n) is 0.909. The van der Waals surface area contributed by atoms with Crippen LogP contribution in [0.15, 0.2) is 0 Å². The Balaban J connectivity index is 0. The van der Waals surface area contributed by atoms with Crippen LogP contribution in [0.4, 0.5) is 0 Å². The van der Waals surface area contributed by atoms with Crippen molar-refractivity contribution in [1.82, 2.24) is 0 Å². The van der Waals surface area contributed by atoms with Crippen molar-refractivity contribution in [3.05, 3.63) is 0 Å². The van der Waals surface area contributed by atoms with Gasteiger partial charge in [0.25, 0.3) is 0 Å². The molecule has 0 bridgehead atoms. The number of thiol groups is 1. The van der Waals surface area contributed by atoms with Gasteiger partial charge >= 0.3 is 81.2 Å². The summed E-state index contributed by atoms with van der Waals surface area (Å²) in [6, 6.07) is 0. The maximum atomic E-state index is 10.7. The molecular formula is C13H25O4S2Sn. The van der Waals surface area contributed by atoms with E-state index in [0.717, 1.165) is 28.8 Å². The SMILES string of the molecule is CCCCOC(=O)C[CH2][Sn].CCSCCOC(=O)CS. The second-order valence-corrected chi connectivity index (χ2v) is 6.79. The van der Waals surface area contributed by atoms with Gasteiger partial charge in [-0.3, -0.25) is 4.79 Å². The van der Waals surface area contributed by atoms with Crippen molar-refractivity contribution in [2.75, 3.05) is 30.5 Å². The zero-order valence-corrected chi connectivity index (χ0v) is 16.9. The summed E-state index contributed by atoms with van der Waals surface area (Å²) in [6.07, 6.45) is 2.68. The molecule has 0 saturated heterocycles. The molecule has 0 aliphatic rings. The van der Waals surface area contributed by atoms with E-state index >= 15 is 0 Å². The van der Waals surface area contributed by atoms with E-state index in [-0.39, 0.29) is 17.7 Å². The van der Waals surface area contributed by atoms with Crippen LogP contribution in [0.1, 0.15) is 33.1 Å². The van der Waals surface area contributed by atoms with Crippen LogP contribution in [-0.4, -0.2) is 64.9 Å². The average Bonchev–Trinajstić information content (AvgIpc) is 2.44. The van der Waals surface area contributed by atoms with Crippen LogP contribution in [0.5, 0.6) is 0 Å². The van der Waals surface area contributed by atoms with E-state index in [4.69, 9.17) is 9.47 Å². The number of hydrogen-bond donors (Lipinski definition) is 1. The predicted octanol–water partition coefficient (Wildman–Crippen LogP) is 2.52. The van der Waals surface area contributed by atoms with E-state index in [1.165, 1.54) is 22.5 Å². The number of ether oxygens (including phenoxy) is 2. The summed E-state index contributed by atoms with van der Waals surface area (Å²) in [5.74, 6) is 1.86. The first-order chi connectivity index (χ1) is 9.62. The van der Waals surface area contributed by atoms with Crippen LogP contribution >= 0.6 is 24.4 Å². The van der Waals surface area contributed by atoms with Gasteiger partial charge in [0.15, 0.2) is 0 Å². The molecule has 0 aliphatic carbocycles. The van der Waals surface area contributed by atoms with Gasteiger partial charge in [-0.15, -0.1) is 0 Å². The Morgan fingerprint density at radius 1 is 1.15 bits per heavy atom. The third-order valence-corrected chi connectivity index (χ3v) is 3.75. The molecule has 7 heteroatoms. The molecule has 0 aromatic rings. The van der Waals surface area contributed by atoms with E-state index in [1.54, 1.807) is 11.8 Å². The fourth-order valence-corrected chi connectivity index (χ4v) is 2.07. The molecule has 20 heavy (non-hydrogen) atoms. The number of rotatable bonds is 10. The van der Waals surface area contributed by atoms with Gasteiger partial charge in [-0.25, -0.2) is 0 Å². The molecule has 0 N–H and O–H groups in total. The molecule has 0 atom stereocenters. The average molecular weight is 428 g/mol. The summed E-state index contributed by atoms with van der Waals surface area (Å²) in [7, 11) is 0. The van der Waals surface area contributed by atoms with Gasteiger partial charge in [0.05, 0.1) is 5.75 Å². The Morgan fingerprint density at radius 2 is 1.80 bits per heavy atom. The molecule has 0 rings (SSSR count). The minimum absolute atomic E-state index is 0.0368. The minimum Gasteiger partial charge on any atom is -0.464 e. The minimum atomic E-state index is -0.236.